The Hall–Kier alpha value is -1.80. The number of ether oxygens (including phenoxy) is 1. The lowest BCUT2D eigenvalue weighted by molar-refractivity contribution is 0.173. The van der Waals surface area contributed by atoms with Crippen molar-refractivity contribution in [2.45, 2.75) is 45.6 Å². The highest BCUT2D eigenvalue weighted by molar-refractivity contribution is 5.36. The highest BCUT2D eigenvalue weighted by atomic mass is 16.5. The molecule has 0 unspecified atom stereocenters. The molecule has 2 rings (SSSR count). The van der Waals surface area contributed by atoms with E-state index in [0.717, 1.165) is 17.1 Å². The van der Waals surface area contributed by atoms with Crippen LogP contribution >= 0.6 is 0 Å². The maximum Gasteiger partial charge on any atom is 0.127 e. The van der Waals surface area contributed by atoms with Gasteiger partial charge in [-0.05, 0) is 47.2 Å². The average Bonchev–Trinajstić information content (AvgIpc) is 2.47. The van der Waals surface area contributed by atoms with E-state index < -0.39 is 6.10 Å². The molecule has 0 saturated heterocycles. The Bertz CT molecular complexity index is 562. The third-order valence-electron chi connectivity index (χ3n) is 3.61. The number of hydrogen-bond acceptors (Lipinski definition) is 2. The molecule has 2 aromatic rings. The Morgan fingerprint density at radius 1 is 0.905 bits per heavy atom. The maximum atomic E-state index is 9.78. The van der Waals surface area contributed by atoms with Gasteiger partial charge in [-0.3, -0.25) is 0 Å². The molecular weight excluding hydrogens is 260 g/mol. The zero-order valence-corrected chi connectivity index (χ0v) is 13.3. The minimum Gasteiger partial charge on any atom is -0.457 e. The lowest BCUT2D eigenvalue weighted by Gasteiger charge is -2.19. The molecule has 0 heterocycles. The van der Waals surface area contributed by atoms with Gasteiger partial charge in [-0.2, -0.15) is 0 Å². The van der Waals surface area contributed by atoms with Crippen molar-refractivity contribution in [1.29, 1.82) is 0 Å². The van der Waals surface area contributed by atoms with Crippen molar-refractivity contribution < 1.29 is 9.84 Å². The molecule has 2 nitrogen and oxygen atoms in total. The minimum absolute atomic E-state index is 0.149. The van der Waals surface area contributed by atoms with Crippen molar-refractivity contribution in [2.75, 3.05) is 0 Å². The van der Waals surface area contributed by atoms with Crippen molar-refractivity contribution in [3.05, 3.63) is 59.7 Å². The first-order valence-electron chi connectivity index (χ1n) is 7.46. The standard InChI is InChI=1S/C19H24O2/c1-5-18(20)14-6-10-16(11-7-14)21-17-12-8-15(9-13-17)19(2,3)4/h6-13,18,20H,5H2,1-4H3/t18-/m1/s1. The van der Waals surface area contributed by atoms with Gasteiger partial charge in [0.2, 0.25) is 0 Å². The molecule has 0 aliphatic heterocycles. The summed E-state index contributed by atoms with van der Waals surface area (Å²) in [5, 5.41) is 9.78. The van der Waals surface area contributed by atoms with Crippen LogP contribution in [0.4, 0.5) is 0 Å². The molecule has 0 radical (unpaired) electrons. The van der Waals surface area contributed by atoms with E-state index in [1.165, 1.54) is 5.56 Å². The van der Waals surface area contributed by atoms with Crippen LogP contribution in [0.1, 0.15) is 51.3 Å². The van der Waals surface area contributed by atoms with Crippen LogP contribution in [0.5, 0.6) is 11.5 Å². The fraction of sp³-hybridized carbons (Fsp3) is 0.368. The van der Waals surface area contributed by atoms with E-state index in [-0.39, 0.29) is 5.41 Å². The molecule has 112 valence electrons. The average molecular weight is 284 g/mol. The number of aliphatic hydroxyl groups excluding tert-OH is 1. The van der Waals surface area contributed by atoms with Gasteiger partial charge in [-0.25, -0.2) is 0 Å². The van der Waals surface area contributed by atoms with Crippen LogP contribution in [0.25, 0.3) is 0 Å². The Kier molecular flexibility index (Phi) is 4.69. The molecular formula is C19H24O2. The highest BCUT2D eigenvalue weighted by Gasteiger charge is 2.13. The van der Waals surface area contributed by atoms with Gasteiger partial charge in [0, 0.05) is 0 Å². The lowest BCUT2D eigenvalue weighted by Crippen LogP contribution is -2.10. The summed E-state index contributed by atoms with van der Waals surface area (Å²) in [6.07, 6.45) is 0.319. The fourth-order valence-electron chi connectivity index (χ4n) is 2.15. The molecule has 0 aliphatic rings. The number of rotatable bonds is 4. The third kappa shape index (κ3) is 4.08. The summed E-state index contributed by atoms with van der Waals surface area (Å²) in [7, 11) is 0. The van der Waals surface area contributed by atoms with Gasteiger partial charge in [-0.1, -0.05) is 52.0 Å². The van der Waals surface area contributed by atoms with Crippen molar-refractivity contribution in [3.63, 3.8) is 0 Å². The second kappa shape index (κ2) is 6.31. The van der Waals surface area contributed by atoms with E-state index in [1.807, 2.05) is 43.3 Å². The molecule has 0 fully saturated rings. The van der Waals surface area contributed by atoms with Gasteiger partial charge in [0.1, 0.15) is 11.5 Å². The SMILES string of the molecule is CC[C@@H](O)c1ccc(Oc2ccc(C(C)(C)C)cc2)cc1. The molecule has 0 bridgehead atoms. The van der Waals surface area contributed by atoms with Crippen LogP contribution in [-0.4, -0.2) is 5.11 Å². The van der Waals surface area contributed by atoms with E-state index in [0.29, 0.717) is 6.42 Å². The smallest absolute Gasteiger partial charge is 0.127 e. The predicted molar refractivity (Wildman–Crippen MR) is 86.9 cm³/mol. The normalized spacial score (nSPS) is 13.0. The molecule has 0 saturated carbocycles. The predicted octanol–water partition coefficient (Wildman–Crippen LogP) is 5.22. The van der Waals surface area contributed by atoms with Gasteiger partial charge in [0.15, 0.2) is 0 Å². The van der Waals surface area contributed by atoms with Crippen molar-refractivity contribution in [1.82, 2.24) is 0 Å². The monoisotopic (exact) mass is 284 g/mol. The number of hydrogen-bond donors (Lipinski definition) is 1. The van der Waals surface area contributed by atoms with Gasteiger partial charge in [0.25, 0.3) is 0 Å². The van der Waals surface area contributed by atoms with Crippen molar-refractivity contribution in [3.8, 4) is 11.5 Å². The fourth-order valence-corrected chi connectivity index (χ4v) is 2.15. The highest BCUT2D eigenvalue weighted by Crippen LogP contribution is 2.27. The van der Waals surface area contributed by atoms with E-state index in [9.17, 15) is 5.11 Å². The second-order valence-electron chi connectivity index (χ2n) is 6.37. The first-order valence-corrected chi connectivity index (χ1v) is 7.46. The largest absolute Gasteiger partial charge is 0.457 e. The molecule has 0 amide bonds. The van der Waals surface area contributed by atoms with E-state index >= 15 is 0 Å². The van der Waals surface area contributed by atoms with Crippen LogP contribution in [0, 0.1) is 0 Å². The molecule has 0 aliphatic carbocycles. The zero-order valence-electron chi connectivity index (χ0n) is 13.3. The molecule has 21 heavy (non-hydrogen) atoms. The van der Waals surface area contributed by atoms with E-state index in [2.05, 4.69) is 32.9 Å². The molecule has 2 heteroatoms. The summed E-state index contributed by atoms with van der Waals surface area (Å²) < 4.78 is 5.83. The maximum absolute atomic E-state index is 9.78. The van der Waals surface area contributed by atoms with Gasteiger partial charge in [0.05, 0.1) is 6.10 Å². The lowest BCUT2D eigenvalue weighted by atomic mass is 9.87. The van der Waals surface area contributed by atoms with Crippen LogP contribution in [0.15, 0.2) is 48.5 Å². The number of aliphatic hydroxyl groups is 1. The Balaban J connectivity index is 2.08. The van der Waals surface area contributed by atoms with Crippen molar-refractivity contribution >= 4 is 0 Å². The topological polar surface area (TPSA) is 29.5 Å². The Morgan fingerprint density at radius 2 is 1.38 bits per heavy atom. The summed E-state index contributed by atoms with van der Waals surface area (Å²) in [6.45, 7) is 8.55. The number of benzene rings is 2. The molecule has 1 atom stereocenters. The van der Waals surface area contributed by atoms with Gasteiger partial charge >= 0.3 is 0 Å². The summed E-state index contributed by atoms with van der Waals surface area (Å²) in [5.74, 6) is 1.61. The van der Waals surface area contributed by atoms with Crippen molar-refractivity contribution in [2.24, 2.45) is 0 Å². The zero-order chi connectivity index (χ0) is 15.5. The summed E-state index contributed by atoms with van der Waals surface area (Å²) in [5.41, 5.74) is 2.36. The Morgan fingerprint density at radius 3 is 1.81 bits per heavy atom. The summed E-state index contributed by atoms with van der Waals surface area (Å²) in [4.78, 5) is 0. The molecule has 0 spiro atoms. The Labute approximate surface area is 127 Å². The van der Waals surface area contributed by atoms with Crippen LogP contribution in [-0.2, 0) is 5.41 Å². The second-order valence-corrected chi connectivity index (χ2v) is 6.37. The first-order chi connectivity index (χ1) is 9.90. The molecule has 1 N–H and O–H groups in total. The van der Waals surface area contributed by atoms with E-state index in [4.69, 9.17) is 4.74 Å². The quantitative estimate of drug-likeness (QED) is 0.834. The van der Waals surface area contributed by atoms with Crippen LogP contribution < -0.4 is 4.74 Å². The van der Waals surface area contributed by atoms with E-state index in [1.54, 1.807) is 0 Å². The van der Waals surface area contributed by atoms with Crippen LogP contribution in [0.2, 0.25) is 0 Å². The minimum atomic E-state index is -0.398. The molecule has 2 aromatic carbocycles. The van der Waals surface area contributed by atoms with Gasteiger partial charge in [-0.15, -0.1) is 0 Å². The summed E-state index contributed by atoms with van der Waals surface area (Å²) >= 11 is 0. The van der Waals surface area contributed by atoms with Gasteiger partial charge < -0.3 is 9.84 Å². The summed E-state index contributed by atoms with van der Waals surface area (Å²) in [6, 6.07) is 15.8. The molecule has 0 aromatic heterocycles. The third-order valence-corrected chi connectivity index (χ3v) is 3.61. The first kappa shape index (κ1) is 15.6. The van der Waals surface area contributed by atoms with Crippen LogP contribution in [0.3, 0.4) is 0 Å².